The summed E-state index contributed by atoms with van der Waals surface area (Å²) in [7, 11) is 0. The molecule has 0 spiro atoms. The van der Waals surface area contributed by atoms with E-state index in [1.807, 2.05) is 0 Å². The summed E-state index contributed by atoms with van der Waals surface area (Å²) in [6.07, 6.45) is 0. The molecule has 0 saturated carbocycles. The molecule has 4 nitrogen and oxygen atoms in total. The van der Waals surface area contributed by atoms with Gasteiger partial charge in [0.1, 0.15) is 0 Å². The minimum absolute atomic E-state index is 0. The fourth-order valence-corrected chi connectivity index (χ4v) is 0.202. The molecule has 50 valence electrons. The Morgan fingerprint density at radius 1 is 1.22 bits per heavy atom. The van der Waals surface area contributed by atoms with Gasteiger partial charge < -0.3 is 12.3 Å². The summed E-state index contributed by atoms with van der Waals surface area (Å²) in [6, 6.07) is 0. The van der Waals surface area contributed by atoms with Gasteiger partial charge in [-0.15, -0.1) is 0 Å². The Hall–Kier alpha value is 0.1000. The van der Waals surface area contributed by atoms with Crippen LogP contribution < -0.4 is 35.7 Å². The molecule has 0 radical (unpaired) electrons. The van der Waals surface area contributed by atoms with Crippen LogP contribution in [0.25, 0.3) is 0 Å². The molecule has 0 unspecified atom stereocenters. The summed E-state index contributed by atoms with van der Waals surface area (Å²) < 4.78 is 3.97. The molecular formula is C4H10NNaO3. The van der Waals surface area contributed by atoms with Gasteiger partial charge in [-0.25, -0.2) is 0 Å². The molecule has 0 aromatic carbocycles. The third kappa shape index (κ3) is 17.9. The molecule has 0 saturated heterocycles. The maximum absolute atomic E-state index is 9.81. The van der Waals surface area contributed by atoms with Crippen molar-refractivity contribution in [3.8, 4) is 0 Å². The van der Waals surface area contributed by atoms with Gasteiger partial charge in [-0.2, -0.15) is 0 Å². The molecule has 5 heteroatoms. The summed E-state index contributed by atoms with van der Waals surface area (Å²) >= 11 is 0. The molecule has 0 atom stereocenters. The van der Waals surface area contributed by atoms with Gasteiger partial charge in [-0.3, -0.25) is 9.59 Å². The van der Waals surface area contributed by atoms with Gasteiger partial charge >= 0.3 is 41.5 Å². The van der Waals surface area contributed by atoms with Crippen LogP contribution in [0, 0.1) is 0 Å². The molecule has 0 bridgehead atoms. The summed E-state index contributed by atoms with van der Waals surface area (Å²) in [5, 5.41) is 0. The molecule has 0 aliphatic carbocycles. The van der Waals surface area contributed by atoms with Gasteiger partial charge in [-0.05, 0) is 0 Å². The monoisotopic (exact) mass is 143 g/mol. The molecule has 0 rings (SSSR count). The molecule has 0 fully saturated rings. The first kappa shape index (κ1) is 16.0. The van der Waals surface area contributed by atoms with Crippen LogP contribution >= 0.6 is 0 Å². The van der Waals surface area contributed by atoms with E-state index in [4.69, 9.17) is 0 Å². The van der Waals surface area contributed by atoms with Gasteiger partial charge in [0, 0.05) is 13.8 Å². The van der Waals surface area contributed by atoms with E-state index >= 15 is 0 Å². The van der Waals surface area contributed by atoms with Crippen molar-refractivity contribution in [2.75, 3.05) is 0 Å². The Bertz CT molecular complexity index is 96.7. The summed E-state index contributed by atoms with van der Waals surface area (Å²) in [4.78, 5) is 19.6. The van der Waals surface area contributed by atoms with Crippen LogP contribution in [0.1, 0.15) is 15.3 Å². The fraction of sp³-hybridized carbons (Fsp3) is 0.500. The average molecular weight is 143 g/mol. The van der Waals surface area contributed by atoms with Crippen molar-refractivity contribution in [3.63, 3.8) is 0 Å². The van der Waals surface area contributed by atoms with E-state index in [0.29, 0.717) is 0 Å². The molecule has 0 aromatic rings. The molecule has 0 amide bonds. The summed E-state index contributed by atoms with van der Waals surface area (Å²) in [5.74, 6) is -1.12. The van der Waals surface area contributed by atoms with Crippen molar-refractivity contribution >= 4 is 11.9 Å². The van der Waals surface area contributed by atoms with Crippen molar-refractivity contribution in [2.24, 2.45) is 0 Å². The largest absolute Gasteiger partial charge is 1.00 e. The number of carbonyl (C=O) groups is 2. The zero-order chi connectivity index (χ0) is 5.86. The summed E-state index contributed by atoms with van der Waals surface area (Å²) in [5.41, 5.74) is 0. The smallest absolute Gasteiger partial charge is 1.00 e. The molecule has 9 heavy (non-hydrogen) atoms. The van der Waals surface area contributed by atoms with Gasteiger partial charge in [0.25, 0.3) is 0 Å². The van der Waals surface area contributed by atoms with Crippen LogP contribution in [-0.4, -0.2) is 11.9 Å². The number of ether oxygens (including phenoxy) is 1. The Kier molecular flexibility index (Phi) is 14.4. The van der Waals surface area contributed by atoms with E-state index in [9.17, 15) is 9.59 Å². The van der Waals surface area contributed by atoms with Crippen LogP contribution in [0.3, 0.4) is 0 Å². The number of carbonyl (C=O) groups excluding carboxylic acids is 2. The SMILES string of the molecule is CC(=O)OC(C)=O.N.[H-].[Na+]. The van der Waals surface area contributed by atoms with Gasteiger partial charge in [0.15, 0.2) is 0 Å². The minimum Gasteiger partial charge on any atom is -1.00 e. The number of esters is 2. The molecule has 0 aromatic heterocycles. The van der Waals surface area contributed by atoms with Gasteiger partial charge in [-0.1, -0.05) is 0 Å². The average Bonchev–Trinajstić information content (AvgIpc) is 1.27. The second kappa shape index (κ2) is 8.10. The number of hydrogen-bond donors (Lipinski definition) is 1. The molecule has 3 N–H and O–H groups in total. The van der Waals surface area contributed by atoms with E-state index in [2.05, 4.69) is 4.74 Å². The Morgan fingerprint density at radius 2 is 1.44 bits per heavy atom. The Balaban J connectivity index is -0.0000000600. The predicted molar refractivity (Wildman–Crippen MR) is 28.6 cm³/mol. The van der Waals surface area contributed by atoms with Crippen LogP contribution in [0.2, 0.25) is 0 Å². The zero-order valence-corrected chi connectivity index (χ0v) is 7.93. The fourth-order valence-electron chi connectivity index (χ4n) is 0.202. The summed E-state index contributed by atoms with van der Waals surface area (Å²) in [6.45, 7) is 2.36. The Morgan fingerprint density at radius 3 is 1.44 bits per heavy atom. The van der Waals surface area contributed by atoms with E-state index in [0.717, 1.165) is 0 Å². The predicted octanol–water partition coefficient (Wildman–Crippen LogP) is -2.63. The van der Waals surface area contributed by atoms with Crippen molar-refractivity contribution in [3.05, 3.63) is 0 Å². The van der Waals surface area contributed by atoms with E-state index in [-0.39, 0.29) is 37.1 Å². The van der Waals surface area contributed by atoms with Crippen molar-refractivity contribution in [2.45, 2.75) is 13.8 Å². The van der Waals surface area contributed by atoms with Crippen LogP contribution in [0.4, 0.5) is 0 Å². The van der Waals surface area contributed by atoms with Crippen LogP contribution in [0.15, 0.2) is 0 Å². The van der Waals surface area contributed by atoms with Gasteiger partial charge in [0.05, 0.1) is 0 Å². The zero-order valence-electron chi connectivity index (χ0n) is 6.93. The minimum atomic E-state index is -0.562. The number of rotatable bonds is 0. The second-order valence-electron chi connectivity index (χ2n) is 1.09. The number of hydrogen-bond acceptors (Lipinski definition) is 4. The van der Waals surface area contributed by atoms with Crippen molar-refractivity contribution < 1.29 is 45.3 Å². The van der Waals surface area contributed by atoms with Crippen LogP contribution in [0.5, 0.6) is 0 Å². The van der Waals surface area contributed by atoms with Crippen molar-refractivity contribution in [1.82, 2.24) is 6.15 Å². The third-order valence-electron chi connectivity index (χ3n) is 0.287. The first-order chi connectivity index (χ1) is 3.13. The first-order valence-electron chi connectivity index (χ1n) is 1.82. The quantitative estimate of drug-likeness (QED) is 0.228. The van der Waals surface area contributed by atoms with E-state index in [1.54, 1.807) is 0 Å². The topological polar surface area (TPSA) is 78.4 Å². The maximum Gasteiger partial charge on any atom is 1.00 e. The first-order valence-corrected chi connectivity index (χ1v) is 1.82. The molecule has 0 aliphatic heterocycles. The molecular weight excluding hydrogens is 133 g/mol. The molecule has 0 aliphatic rings. The normalized spacial score (nSPS) is 6.00. The second-order valence-corrected chi connectivity index (χ2v) is 1.09. The maximum atomic E-state index is 9.81. The van der Waals surface area contributed by atoms with E-state index in [1.165, 1.54) is 13.8 Å². The van der Waals surface area contributed by atoms with Crippen molar-refractivity contribution in [1.29, 1.82) is 0 Å². The van der Waals surface area contributed by atoms with Gasteiger partial charge in [0.2, 0.25) is 0 Å². The third-order valence-corrected chi connectivity index (χ3v) is 0.287. The standard InChI is InChI=1S/C4H6O3.H3N.Na.H/c1-3(5)7-4(2)6;;;/h1-2H3;1H3;;/q;;+1;-1. The molecule has 0 heterocycles. The Labute approximate surface area is 77.3 Å². The van der Waals surface area contributed by atoms with Crippen LogP contribution in [-0.2, 0) is 14.3 Å². The van der Waals surface area contributed by atoms with E-state index < -0.39 is 11.9 Å².